The Morgan fingerprint density at radius 2 is 1.83 bits per heavy atom. The van der Waals surface area contributed by atoms with Crippen molar-refractivity contribution in [3.05, 3.63) is 23.5 Å². The van der Waals surface area contributed by atoms with Gasteiger partial charge in [0.2, 0.25) is 5.91 Å². The minimum atomic E-state index is -0.839. The highest BCUT2D eigenvalue weighted by molar-refractivity contribution is 5.98. The quantitative estimate of drug-likeness (QED) is 0.482. The van der Waals surface area contributed by atoms with E-state index in [4.69, 9.17) is 9.47 Å². The number of benzene rings is 1. The Morgan fingerprint density at radius 3 is 2.43 bits per heavy atom. The smallest absolute Gasteiger partial charge is 0.309 e. The van der Waals surface area contributed by atoms with Crippen LogP contribution in [0.3, 0.4) is 0 Å². The molecular formula is C26H37FN2O6. The largest absolute Gasteiger partial charge is 0.496 e. The van der Waals surface area contributed by atoms with E-state index in [0.717, 1.165) is 12.5 Å². The van der Waals surface area contributed by atoms with E-state index in [2.05, 4.69) is 10.6 Å². The standard InChI is InChI=1S/C26H37FN2O6/c1-15(2)14-28-23(30)17-6-5-7-20(17)29-24(31)18-12-22(19(27)13-21(18)34-4)35-16-8-10-26(3,11-9-16)25(32)33/h12-13,15-17,20H,5-11,14H2,1-4H3,(H,28,30)(H,29,31)(H,32,33). The third-order valence-electron chi connectivity index (χ3n) is 7.20. The molecule has 0 aliphatic heterocycles. The number of aliphatic carboxylic acids is 1. The minimum absolute atomic E-state index is 0.0674. The summed E-state index contributed by atoms with van der Waals surface area (Å²) in [4.78, 5) is 37.3. The van der Waals surface area contributed by atoms with Crippen LogP contribution in [0, 0.1) is 23.1 Å². The average Bonchev–Trinajstić information content (AvgIpc) is 3.27. The van der Waals surface area contributed by atoms with Gasteiger partial charge in [-0.25, -0.2) is 4.39 Å². The van der Waals surface area contributed by atoms with E-state index < -0.39 is 23.1 Å². The minimum Gasteiger partial charge on any atom is -0.496 e. The van der Waals surface area contributed by atoms with Crippen LogP contribution in [-0.4, -0.2) is 48.7 Å². The Balaban J connectivity index is 1.71. The fourth-order valence-corrected chi connectivity index (χ4v) is 4.84. The molecule has 0 aromatic heterocycles. The van der Waals surface area contributed by atoms with Crippen LogP contribution in [-0.2, 0) is 9.59 Å². The first-order valence-electron chi connectivity index (χ1n) is 12.4. The number of methoxy groups -OCH3 is 1. The number of carbonyl (C=O) groups is 3. The molecule has 194 valence electrons. The van der Waals surface area contributed by atoms with E-state index >= 15 is 0 Å². The van der Waals surface area contributed by atoms with Crippen molar-refractivity contribution >= 4 is 17.8 Å². The van der Waals surface area contributed by atoms with E-state index in [1.165, 1.54) is 13.2 Å². The summed E-state index contributed by atoms with van der Waals surface area (Å²) in [6, 6.07) is 2.13. The Kier molecular flexibility index (Phi) is 8.61. The zero-order valence-electron chi connectivity index (χ0n) is 21.0. The van der Waals surface area contributed by atoms with Crippen molar-refractivity contribution in [3.63, 3.8) is 0 Å². The topological polar surface area (TPSA) is 114 Å². The van der Waals surface area contributed by atoms with Crippen molar-refractivity contribution in [2.24, 2.45) is 17.3 Å². The van der Waals surface area contributed by atoms with Gasteiger partial charge in [-0.1, -0.05) is 20.3 Å². The highest BCUT2D eigenvalue weighted by Crippen LogP contribution is 2.38. The number of nitrogens with one attached hydrogen (secondary N) is 2. The monoisotopic (exact) mass is 492 g/mol. The molecule has 3 rings (SSSR count). The van der Waals surface area contributed by atoms with Gasteiger partial charge in [0, 0.05) is 18.7 Å². The Labute approximate surface area is 205 Å². The van der Waals surface area contributed by atoms with Crippen LogP contribution in [0.2, 0.25) is 0 Å². The third-order valence-corrected chi connectivity index (χ3v) is 7.20. The number of hydrogen-bond donors (Lipinski definition) is 3. The van der Waals surface area contributed by atoms with Crippen molar-refractivity contribution < 1.29 is 33.4 Å². The van der Waals surface area contributed by atoms with Crippen molar-refractivity contribution in [3.8, 4) is 11.5 Å². The van der Waals surface area contributed by atoms with E-state index in [1.54, 1.807) is 6.92 Å². The average molecular weight is 493 g/mol. The van der Waals surface area contributed by atoms with Gasteiger partial charge in [0.05, 0.1) is 30.1 Å². The summed E-state index contributed by atoms with van der Waals surface area (Å²) in [6.45, 7) is 6.33. The lowest BCUT2D eigenvalue weighted by Gasteiger charge is -2.34. The summed E-state index contributed by atoms with van der Waals surface area (Å²) in [6.07, 6.45) is 3.68. The van der Waals surface area contributed by atoms with Gasteiger partial charge >= 0.3 is 5.97 Å². The summed E-state index contributed by atoms with van der Waals surface area (Å²) < 4.78 is 25.9. The van der Waals surface area contributed by atoms with Crippen LogP contribution < -0.4 is 20.1 Å². The highest BCUT2D eigenvalue weighted by Gasteiger charge is 2.39. The summed E-state index contributed by atoms with van der Waals surface area (Å²) in [5.41, 5.74) is -0.675. The van der Waals surface area contributed by atoms with Crippen LogP contribution in [0.1, 0.15) is 76.1 Å². The van der Waals surface area contributed by atoms with Gasteiger partial charge < -0.3 is 25.2 Å². The highest BCUT2D eigenvalue weighted by atomic mass is 19.1. The first-order valence-corrected chi connectivity index (χ1v) is 12.4. The molecule has 0 saturated heterocycles. The van der Waals surface area contributed by atoms with Crippen LogP contribution in [0.4, 0.5) is 4.39 Å². The Bertz CT molecular complexity index is 942. The molecule has 2 amide bonds. The lowest BCUT2D eigenvalue weighted by molar-refractivity contribution is -0.150. The summed E-state index contributed by atoms with van der Waals surface area (Å²) >= 11 is 0. The molecule has 2 atom stereocenters. The maximum absolute atomic E-state index is 14.8. The van der Waals surface area contributed by atoms with E-state index in [9.17, 15) is 23.9 Å². The fourth-order valence-electron chi connectivity index (χ4n) is 4.84. The molecule has 0 spiro atoms. The summed E-state index contributed by atoms with van der Waals surface area (Å²) in [5.74, 6) is -2.00. The predicted octanol–water partition coefficient (Wildman–Crippen LogP) is 3.92. The molecule has 35 heavy (non-hydrogen) atoms. The number of halogens is 1. The number of rotatable bonds is 9. The number of carboxylic acids is 1. The third kappa shape index (κ3) is 6.44. The second-order valence-electron chi connectivity index (χ2n) is 10.4. The molecule has 0 radical (unpaired) electrons. The zero-order chi connectivity index (χ0) is 25.8. The Hall–Kier alpha value is -2.84. The zero-order valence-corrected chi connectivity index (χ0v) is 21.0. The Morgan fingerprint density at radius 1 is 1.14 bits per heavy atom. The van der Waals surface area contributed by atoms with Gasteiger partial charge in [-0.3, -0.25) is 14.4 Å². The van der Waals surface area contributed by atoms with Crippen LogP contribution in [0.5, 0.6) is 11.5 Å². The fraction of sp³-hybridized carbons (Fsp3) is 0.654. The molecule has 2 fully saturated rings. The van der Waals surface area contributed by atoms with Gasteiger partial charge in [0.15, 0.2) is 11.6 Å². The molecule has 2 unspecified atom stereocenters. The van der Waals surface area contributed by atoms with Crippen LogP contribution in [0.15, 0.2) is 12.1 Å². The number of carboxylic acid groups (broad SMARTS) is 1. The van der Waals surface area contributed by atoms with Crippen molar-refractivity contribution in [2.45, 2.75) is 77.9 Å². The second-order valence-corrected chi connectivity index (χ2v) is 10.4. The molecule has 2 aliphatic carbocycles. The van der Waals surface area contributed by atoms with Crippen molar-refractivity contribution in [1.29, 1.82) is 0 Å². The van der Waals surface area contributed by atoms with Gasteiger partial charge in [-0.15, -0.1) is 0 Å². The van der Waals surface area contributed by atoms with Gasteiger partial charge in [-0.2, -0.15) is 0 Å². The number of hydrogen-bond acceptors (Lipinski definition) is 5. The number of ether oxygens (including phenoxy) is 2. The van der Waals surface area contributed by atoms with Gasteiger partial charge in [-0.05, 0) is 57.4 Å². The molecular weight excluding hydrogens is 455 g/mol. The first-order chi connectivity index (χ1) is 16.5. The first kappa shape index (κ1) is 26.8. The van der Waals surface area contributed by atoms with Crippen LogP contribution in [0.25, 0.3) is 0 Å². The van der Waals surface area contributed by atoms with Crippen LogP contribution >= 0.6 is 0 Å². The van der Waals surface area contributed by atoms with Crippen molar-refractivity contribution in [1.82, 2.24) is 10.6 Å². The molecule has 0 bridgehead atoms. The lowest BCUT2D eigenvalue weighted by Crippen LogP contribution is -2.44. The van der Waals surface area contributed by atoms with E-state index in [0.29, 0.717) is 51.0 Å². The summed E-state index contributed by atoms with van der Waals surface area (Å²) in [7, 11) is 1.36. The van der Waals surface area contributed by atoms with E-state index in [-0.39, 0.29) is 41.0 Å². The van der Waals surface area contributed by atoms with Gasteiger partial charge in [0.1, 0.15) is 5.75 Å². The maximum Gasteiger partial charge on any atom is 0.309 e. The SMILES string of the molecule is COc1cc(F)c(OC2CCC(C)(C(=O)O)CC2)cc1C(=O)NC1CCCC1C(=O)NCC(C)C. The van der Waals surface area contributed by atoms with E-state index in [1.807, 2.05) is 13.8 Å². The normalized spacial score (nSPS) is 26.3. The number of amides is 2. The molecule has 1 aromatic rings. The molecule has 9 heteroatoms. The molecule has 8 nitrogen and oxygen atoms in total. The molecule has 2 aliphatic rings. The van der Waals surface area contributed by atoms with Crippen molar-refractivity contribution in [2.75, 3.05) is 13.7 Å². The second kappa shape index (κ2) is 11.3. The molecule has 1 aromatic carbocycles. The molecule has 0 heterocycles. The predicted molar refractivity (Wildman–Crippen MR) is 128 cm³/mol. The molecule has 2 saturated carbocycles. The molecule has 3 N–H and O–H groups in total. The lowest BCUT2D eigenvalue weighted by atomic mass is 9.75. The number of carbonyl (C=O) groups excluding carboxylic acids is 2. The maximum atomic E-state index is 14.8. The van der Waals surface area contributed by atoms with Gasteiger partial charge in [0.25, 0.3) is 5.91 Å². The summed E-state index contributed by atoms with van der Waals surface area (Å²) in [5, 5.41) is 15.3.